The van der Waals surface area contributed by atoms with Gasteiger partial charge in [0, 0.05) is 28.4 Å². The molecule has 5 heteroatoms. The maximum absolute atomic E-state index is 12.6. The smallest absolute Gasteiger partial charge is 0.252 e. The van der Waals surface area contributed by atoms with E-state index in [0.717, 1.165) is 24.8 Å². The number of nitrogens with one attached hydrogen (secondary N) is 2. The first-order valence-electron chi connectivity index (χ1n) is 7.96. The molecular weight excluding hydrogens is 304 g/mol. The van der Waals surface area contributed by atoms with Gasteiger partial charge in [0.05, 0.1) is 5.56 Å². The first-order valence-corrected chi connectivity index (χ1v) is 8.83. The first-order chi connectivity index (χ1) is 9.79. The van der Waals surface area contributed by atoms with Crippen molar-refractivity contribution in [2.45, 2.75) is 69.5 Å². The van der Waals surface area contributed by atoms with Crippen LogP contribution in [-0.2, 0) is 12.8 Å². The summed E-state index contributed by atoms with van der Waals surface area (Å²) in [6.07, 6.45) is 9.57. The summed E-state index contributed by atoms with van der Waals surface area (Å²) in [6.45, 7) is 0. The van der Waals surface area contributed by atoms with Crippen LogP contribution in [0.5, 0.6) is 0 Å². The zero-order valence-electron chi connectivity index (χ0n) is 12.2. The molecule has 3 aliphatic rings. The number of amides is 1. The highest BCUT2D eigenvalue weighted by Gasteiger charge is 2.34. The lowest BCUT2D eigenvalue weighted by Gasteiger charge is -2.29. The highest BCUT2D eigenvalue weighted by atomic mass is 35.5. The molecular formula is C16H23ClN2OS. The average Bonchev–Trinajstić information content (AvgIpc) is 3.02. The molecule has 2 fully saturated rings. The summed E-state index contributed by atoms with van der Waals surface area (Å²) in [5, 5.41) is 9.01. The van der Waals surface area contributed by atoms with Gasteiger partial charge in [0.2, 0.25) is 0 Å². The van der Waals surface area contributed by atoms with E-state index in [-0.39, 0.29) is 18.3 Å². The van der Waals surface area contributed by atoms with Gasteiger partial charge in [-0.15, -0.1) is 23.7 Å². The fourth-order valence-electron chi connectivity index (χ4n) is 4.12. The van der Waals surface area contributed by atoms with Crippen LogP contribution in [0.3, 0.4) is 0 Å². The molecule has 2 atom stereocenters. The number of carbonyl (C=O) groups is 1. The average molecular weight is 327 g/mol. The maximum atomic E-state index is 12.6. The molecule has 2 bridgehead atoms. The van der Waals surface area contributed by atoms with Crippen LogP contribution >= 0.6 is 23.7 Å². The third-order valence-corrected chi connectivity index (χ3v) is 6.20. The van der Waals surface area contributed by atoms with E-state index in [9.17, 15) is 4.79 Å². The number of fused-ring (bicyclic) bond motifs is 3. The van der Waals surface area contributed by atoms with Crippen LogP contribution in [0.2, 0.25) is 0 Å². The number of rotatable bonds is 2. The third-order valence-electron chi connectivity index (χ3n) is 5.11. The second-order valence-electron chi connectivity index (χ2n) is 6.54. The normalized spacial score (nSPS) is 30.4. The van der Waals surface area contributed by atoms with Crippen molar-refractivity contribution in [3.63, 3.8) is 0 Å². The molecule has 0 aromatic carbocycles. The molecule has 3 heterocycles. The predicted octanol–water partition coefficient (Wildman–Crippen LogP) is 3.06. The van der Waals surface area contributed by atoms with Crippen LogP contribution in [0.1, 0.15) is 59.3 Å². The SMILES string of the molecule is Cl.O=C(NC1CC2CCC(C1)N2)c1csc2c1CCCC2. The highest BCUT2D eigenvalue weighted by Crippen LogP contribution is 2.31. The monoisotopic (exact) mass is 326 g/mol. The summed E-state index contributed by atoms with van der Waals surface area (Å²) >= 11 is 1.78. The quantitative estimate of drug-likeness (QED) is 0.877. The second kappa shape index (κ2) is 6.27. The number of hydrogen-bond acceptors (Lipinski definition) is 3. The number of halogens is 1. The van der Waals surface area contributed by atoms with Crippen molar-refractivity contribution in [1.29, 1.82) is 0 Å². The molecule has 21 heavy (non-hydrogen) atoms. The molecule has 0 spiro atoms. The van der Waals surface area contributed by atoms with Crippen LogP contribution < -0.4 is 10.6 Å². The van der Waals surface area contributed by atoms with Gasteiger partial charge in [-0.1, -0.05) is 0 Å². The van der Waals surface area contributed by atoms with Gasteiger partial charge in [0.15, 0.2) is 0 Å². The Balaban J connectivity index is 0.00000132. The van der Waals surface area contributed by atoms with Crippen LogP contribution in [0.4, 0.5) is 0 Å². The Kier molecular flexibility index (Phi) is 4.57. The number of piperidine rings is 1. The van der Waals surface area contributed by atoms with Crippen LogP contribution in [0.25, 0.3) is 0 Å². The number of thiophene rings is 1. The number of carbonyl (C=O) groups excluding carboxylic acids is 1. The van der Waals surface area contributed by atoms with E-state index in [0.29, 0.717) is 18.1 Å². The van der Waals surface area contributed by atoms with Gasteiger partial charge in [-0.3, -0.25) is 4.79 Å². The van der Waals surface area contributed by atoms with Crippen LogP contribution in [0.15, 0.2) is 5.38 Å². The zero-order chi connectivity index (χ0) is 13.5. The van der Waals surface area contributed by atoms with Gasteiger partial charge in [0.25, 0.3) is 5.91 Å². The summed E-state index contributed by atoms with van der Waals surface area (Å²) in [5.41, 5.74) is 2.31. The van der Waals surface area contributed by atoms with Gasteiger partial charge in [-0.25, -0.2) is 0 Å². The van der Waals surface area contributed by atoms with Gasteiger partial charge in [0.1, 0.15) is 0 Å². The van der Waals surface area contributed by atoms with Gasteiger partial charge >= 0.3 is 0 Å². The number of hydrogen-bond donors (Lipinski definition) is 2. The summed E-state index contributed by atoms with van der Waals surface area (Å²) < 4.78 is 0. The topological polar surface area (TPSA) is 41.1 Å². The zero-order valence-corrected chi connectivity index (χ0v) is 13.8. The van der Waals surface area contributed by atoms with E-state index in [1.54, 1.807) is 11.3 Å². The van der Waals surface area contributed by atoms with E-state index in [1.165, 1.54) is 42.5 Å². The minimum atomic E-state index is 0. The maximum Gasteiger partial charge on any atom is 0.252 e. The molecule has 0 saturated carbocycles. The van der Waals surface area contributed by atoms with E-state index in [4.69, 9.17) is 0 Å². The Labute approximate surface area is 136 Å². The lowest BCUT2D eigenvalue weighted by molar-refractivity contribution is 0.0923. The number of aryl methyl sites for hydroxylation is 1. The molecule has 1 amide bonds. The molecule has 0 radical (unpaired) electrons. The highest BCUT2D eigenvalue weighted by molar-refractivity contribution is 7.10. The lowest BCUT2D eigenvalue weighted by atomic mass is 9.95. The summed E-state index contributed by atoms with van der Waals surface area (Å²) in [7, 11) is 0. The lowest BCUT2D eigenvalue weighted by Crippen LogP contribution is -2.48. The third kappa shape index (κ3) is 2.99. The Hall–Kier alpha value is -0.580. The van der Waals surface area contributed by atoms with Crippen LogP contribution in [-0.4, -0.2) is 24.0 Å². The molecule has 1 aliphatic carbocycles. The van der Waals surface area contributed by atoms with Gasteiger partial charge < -0.3 is 10.6 Å². The van der Waals surface area contributed by atoms with Crippen molar-refractivity contribution in [2.75, 3.05) is 0 Å². The van der Waals surface area contributed by atoms with Crippen LogP contribution in [0, 0.1) is 0 Å². The molecule has 2 unspecified atom stereocenters. The van der Waals surface area contributed by atoms with Crippen molar-refractivity contribution < 1.29 is 4.79 Å². The van der Waals surface area contributed by atoms with Crippen molar-refractivity contribution >= 4 is 29.7 Å². The molecule has 1 aromatic heterocycles. The standard InChI is InChI=1S/C16H22N2OS.ClH/c19-16(14-9-20-15-4-2-1-3-13(14)15)18-12-7-10-5-6-11(8-12)17-10;/h9-12,17H,1-8H2,(H,18,19);1H. The summed E-state index contributed by atoms with van der Waals surface area (Å²) in [4.78, 5) is 14.0. The Bertz CT molecular complexity index is 518. The molecule has 116 valence electrons. The Morgan fingerprint density at radius 1 is 1.19 bits per heavy atom. The molecule has 3 nitrogen and oxygen atoms in total. The first kappa shape index (κ1) is 15.3. The molecule has 2 aliphatic heterocycles. The molecule has 4 rings (SSSR count). The second-order valence-corrected chi connectivity index (χ2v) is 7.50. The van der Waals surface area contributed by atoms with E-state index in [1.807, 2.05) is 0 Å². The summed E-state index contributed by atoms with van der Waals surface area (Å²) in [6, 6.07) is 1.64. The molecule has 2 saturated heterocycles. The fraction of sp³-hybridized carbons (Fsp3) is 0.688. The van der Waals surface area contributed by atoms with Crippen molar-refractivity contribution in [3.05, 3.63) is 21.4 Å². The van der Waals surface area contributed by atoms with E-state index < -0.39 is 0 Å². The minimum absolute atomic E-state index is 0. The van der Waals surface area contributed by atoms with E-state index in [2.05, 4.69) is 16.0 Å². The fourth-order valence-corrected chi connectivity index (χ4v) is 5.25. The van der Waals surface area contributed by atoms with Crippen molar-refractivity contribution in [3.8, 4) is 0 Å². The Morgan fingerprint density at radius 3 is 2.67 bits per heavy atom. The van der Waals surface area contributed by atoms with E-state index >= 15 is 0 Å². The largest absolute Gasteiger partial charge is 0.349 e. The van der Waals surface area contributed by atoms with Crippen molar-refractivity contribution in [1.82, 2.24) is 10.6 Å². The molecule has 2 N–H and O–H groups in total. The predicted molar refractivity (Wildman–Crippen MR) is 88.6 cm³/mol. The minimum Gasteiger partial charge on any atom is -0.349 e. The summed E-state index contributed by atoms with van der Waals surface area (Å²) in [5.74, 6) is 0.177. The Morgan fingerprint density at radius 2 is 1.90 bits per heavy atom. The van der Waals surface area contributed by atoms with Gasteiger partial charge in [-0.05, 0) is 56.9 Å². The molecule has 1 aromatic rings. The van der Waals surface area contributed by atoms with Gasteiger partial charge in [-0.2, -0.15) is 0 Å². The van der Waals surface area contributed by atoms with Crippen molar-refractivity contribution in [2.24, 2.45) is 0 Å².